The number of aliphatic hydroxyl groups is 1. The summed E-state index contributed by atoms with van der Waals surface area (Å²) in [6, 6.07) is 8.67. The lowest BCUT2D eigenvalue weighted by Crippen LogP contribution is -2.59. The molecule has 0 amide bonds. The molecule has 1 unspecified atom stereocenters. The zero-order valence-corrected chi connectivity index (χ0v) is 8.87. The first-order chi connectivity index (χ1) is 7.27. The summed E-state index contributed by atoms with van der Waals surface area (Å²) in [4.78, 5) is 0. The van der Waals surface area contributed by atoms with E-state index in [1.165, 1.54) is 24.0 Å². The highest BCUT2D eigenvalue weighted by Gasteiger charge is 2.38. The Morgan fingerprint density at radius 3 is 2.87 bits per heavy atom. The van der Waals surface area contributed by atoms with Crippen molar-refractivity contribution in [1.29, 1.82) is 0 Å². The number of β-amino-alcohol motifs (C(OH)–C–C–N with tert-alkyl or cyclic N) is 1. The largest absolute Gasteiger partial charge is 0.387 e. The molecule has 0 aromatic heterocycles. The van der Waals surface area contributed by atoms with Crippen LogP contribution in [0.15, 0.2) is 24.3 Å². The van der Waals surface area contributed by atoms with Crippen LogP contribution in [0, 0.1) is 0 Å². The van der Waals surface area contributed by atoms with Crippen LogP contribution < -0.4 is 5.32 Å². The van der Waals surface area contributed by atoms with E-state index in [1.54, 1.807) is 0 Å². The zero-order valence-electron chi connectivity index (χ0n) is 8.87. The quantitative estimate of drug-likeness (QED) is 0.762. The van der Waals surface area contributed by atoms with Crippen molar-refractivity contribution in [2.45, 2.75) is 30.8 Å². The van der Waals surface area contributed by atoms with Gasteiger partial charge in [0.1, 0.15) is 0 Å². The molecular weight excluding hydrogens is 186 g/mol. The lowest BCUT2D eigenvalue weighted by molar-refractivity contribution is -0.0228. The number of hydrogen-bond donors (Lipinski definition) is 2. The van der Waals surface area contributed by atoms with Crippen LogP contribution in [-0.2, 0) is 6.42 Å². The third-order valence-corrected chi connectivity index (χ3v) is 3.79. The zero-order chi connectivity index (χ0) is 10.3. The van der Waals surface area contributed by atoms with Gasteiger partial charge in [-0.15, -0.1) is 0 Å². The predicted molar refractivity (Wildman–Crippen MR) is 59.9 cm³/mol. The Bertz CT molecular complexity index is 371. The van der Waals surface area contributed by atoms with Gasteiger partial charge in [-0.1, -0.05) is 24.3 Å². The Labute approximate surface area is 90.3 Å². The molecule has 15 heavy (non-hydrogen) atoms. The van der Waals surface area contributed by atoms with Crippen LogP contribution in [0.1, 0.15) is 29.9 Å². The molecule has 1 saturated heterocycles. The molecule has 0 radical (unpaired) electrons. The molecule has 1 aromatic carbocycles. The fraction of sp³-hybridized carbons (Fsp3) is 0.538. The maximum atomic E-state index is 10.1. The highest BCUT2D eigenvalue weighted by Crippen LogP contribution is 2.39. The van der Waals surface area contributed by atoms with Crippen LogP contribution in [0.5, 0.6) is 0 Å². The van der Waals surface area contributed by atoms with Gasteiger partial charge < -0.3 is 10.4 Å². The Kier molecular flexibility index (Phi) is 2.08. The first-order valence-corrected chi connectivity index (χ1v) is 5.78. The van der Waals surface area contributed by atoms with E-state index >= 15 is 0 Å². The molecular formula is C13H17NO. The van der Waals surface area contributed by atoms with Crippen molar-refractivity contribution in [3.8, 4) is 0 Å². The molecule has 0 spiro atoms. The lowest BCUT2D eigenvalue weighted by atomic mass is 9.83. The van der Waals surface area contributed by atoms with Crippen molar-refractivity contribution < 1.29 is 5.11 Å². The van der Waals surface area contributed by atoms with Crippen molar-refractivity contribution in [2.75, 3.05) is 13.1 Å². The summed E-state index contributed by atoms with van der Waals surface area (Å²) >= 11 is 0. The average molecular weight is 203 g/mol. The second-order valence-corrected chi connectivity index (χ2v) is 4.97. The third-order valence-electron chi connectivity index (χ3n) is 3.79. The van der Waals surface area contributed by atoms with Crippen molar-refractivity contribution >= 4 is 0 Å². The van der Waals surface area contributed by atoms with Crippen molar-refractivity contribution in [3.05, 3.63) is 35.4 Å². The van der Waals surface area contributed by atoms with Gasteiger partial charge >= 0.3 is 0 Å². The van der Waals surface area contributed by atoms with Gasteiger partial charge in [0.25, 0.3) is 0 Å². The summed E-state index contributed by atoms with van der Waals surface area (Å²) < 4.78 is 0. The monoisotopic (exact) mass is 203 g/mol. The topological polar surface area (TPSA) is 32.3 Å². The highest BCUT2D eigenvalue weighted by atomic mass is 16.3. The summed E-state index contributed by atoms with van der Waals surface area (Å²) in [5, 5.41) is 13.3. The van der Waals surface area contributed by atoms with Gasteiger partial charge in [0.15, 0.2) is 0 Å². The minimum Gasteiger partial charge on any atom is -0.387 e. The number of aryl methyl sites for hydroxylation is 1. The van der Waals surface area contributed by atoms with E-state index in [0.717, 1.165) is 19.5 Å². The summed E-state index contributed by atoms with van der Waals surface area (Å²) in [5.41, 5.74) is 2.53. The number of fused-ring (bicyclic) bond motifs is 1. The SMILES string of the molecule is OC1(CC2CCc3ccccc32)CNC1. The molecule has 0 bridgehead atoms. The normalized spacial score (nSPS) is 27.1. The van der Waals surface area contributed by atoms with E-state index in [4.69, 9.17) is 0 Å². The Balaban J connectivity index is 1.79. The van der Waals surface area contributed by atoms with E-state index in [2.05, 4.69) is 29.6 Å². The second kappa shape index (κ2) is 3.32. The van der Waals surface area contributed by atoms with E-state index in [9.17, 15) is 5.11 Å². The number of hydrogen-bond acceptors (Lipinski definition) is 2. The Hall–Kier alpha value is -0.860. The minimum atomic E-state index is -0.428. The fourth-order valence-electron chi connectivity index (χ4n) is 2.87. The second-order valence-electron chi connectivity index (χ2n) is 4.97. The van der Waals surface area contributed by atoms with Crippen LogP contribution in [0.2, 0.25) is 0 Å². The maximum Gasteiger partial charge on any atom is 0.0900 e. The minimum absolute atomic E-state index is 0.428. The van der Waals surface area contributed by atoms with Gasteiger partial charge in [-0.25, -0.2) is 0 Å². The third kappa shape index (κ3) is 1.58. The molecule has 1 heterocycles. The maximum absolute atomic E-state index is 10.1. The molecule has 1 aromatic rings. The molecule has 0 saturated carbocycles. The first kappa shape index (κ1) is 9.37. The van der Waals surface area contributed by atoms with Gasteiger partial charge in [0.05, 0.1) is 5.60 Å². The van der Waals surface area contributed by atoms with Crippen LogP contribution in [0.3, 0.4) is 0 Å². The number of nitrogens with one attached hydrogen (secondary N) is 1. The van der Waals surface area contributed by atoms with Gasteiger partial charge in [-0.3, -0.25) is 0 Å². The van der Waals surface area contributed by atoms with Crippen molar-refractivity contribution in [1.82, 2.24) is 5.32 Å². The number of benzene rings is 1. The lowest BCUT2D eigenvalue weighted by Gasteiger charge is -2.39. The number of rotatable bonds is 2. The van der Waals surface area contributed by atoms with Crippen LogP contribution >= 0.6 is 0 Å². The van der Waals surface area contributed by atoms with Crippen LogP contribution in [0.25, 0.3) is 0 Å². The molecule has 2 nitrogen and oxygen atoms in total. The molecule has 2 heteroatoms. The summed E-state index contributed by atoms with van der Waals surface area (Å²) in [5.74, 6) is 0.577. The summed E-state index contributed by atoms with van der Waals surface area (Å²) in [7, 11) is 0. The van der Waals surface area contributed by atoms with Crippen LogP contribution in [-0.4, -0.2) is 23.8 Å². The molecule has 1 fully saturated rings. The van der Waals surface area contributed by atoms with Crippen LogP contribution in [0.4, 0.5) is 0 Å². The molecule has 1 aliphatic carbocycles. The Morgan fingerprint density at radius 2 is 2.13 bits per heavy atom. The summed E-state index contributed by atoms with van der Waals surface area (Å²) in [6.07, 6.45) is 3.32. The Morgan fingerprint density at radius 1 is 1.33 bits per heavy atom. The summed E-state index contributed by atoms with van der Waals surface area (Å²) in [6.45, 7) is 1.54. The van der Waals surface area contributed by atoms with Gasteiger partial charge in [0.2, 0.25) is 0 Å². The van der Waals surface area contributed by atoms with E-state index in [-0.39, 0.29) is 0 Å². The van der Waals surface area contributed by atoms with E-state index < -0.39 is 5.60 Å². The molecule has 2 N–H and O–H groups in total. The fourth-order valence-corrected chi connectivity index (χ4v) is 2.87. The molecule has 80 valence electrons. The predicted octanol–water partition coefficient (Wildman–Crippen LogP) is 1.44. The van der Waals surface area contributed by atoms with Crippen molar-refractivity contribution in [2.24, 2.45) is 0 Å². The standard InChI is InChI=1S/C13H17NO/c15-13(8-14-9-13)7-11-6-5-10-3-1-2-4-12(10)11/h1-4,11,14-15H,5-9H2. The highest BCUT2D eigenvalue weighted by molar-refractivity contribution is 5.35. The average Bonchev–Trinajstić information content (AvgIpc) is 2.60. The first-order valence-electron chi connectivity index (χ1n) is 5.78. The smallest absolute Gasteiger partial charge is 0.0900 e. The molecule has 2 aliphatic rings. The van der Waals surface area contributed by atoms with Gasteiger partial charge in [0, 0.05) is 13.1 Å². The molecule has 1 atom stereocenters. The van der Waals surface area contributed by atoms with Gasteiger partial charge in [-0.05, 0) is 36.3 Å². The molecule has 3 rings (SSSR count). The molecule has 1 aliphatic heterocycles. The van der Waals surface area contributed by atoms with Gasteiger partial charge in [-0.2, -0.15) is 0 Å². The van der Waals surface area contributed by atoms with E-state index in [0.29, 0.717) is 5.92 Å². The van der Waals surface area contributed by atoms with E-state index in [1.807, 2.05) is 0 Å². The van der Waals surface area contributed by atoms with Crippen molar-refractivity contribution in [3.63, 3.8) is 0 Å².